The van der Waals surface area contributed by atoms with E-state index in [0.29, 0.717) is 0 Å². The lowest BCUT2D eigenvalue weighted by atomic mass is 9.90. The number of nitrogens with one attached hydrogen (secondary N) is 1. The van der Waals surface area contributed by atoms with E-state index in [1.807, 2.05) is 18.2 Å². The van der Waals surface area contributed by atoms with E-state index in [-0.39, 0.29) is 0 Å². The molecule has 3 nitrogen and oxygen atoms in total. The van der Waals surface area contributed by atoms with E-state index in [1.165, 1.54) is 12.8 Å². The lowest BCUT2D eigenvalue weighted by Gasteiger charge is -2.34. The molecular weight excluding hydrogens is 258 g/mol. The van der Waals surface area contributed by atoms with Gasteiger partial charge in [-0.2, -0.15) is 5.26 Å². The molecule has 0 aliphatic heterocycles. The normalized spacial score (nSPS) is 17.4. The van der Waals surface area contributed by atoms with Gasteiger partial charge < -0.3 is 0 Å². The number of nitriles is 1. The van der Waals surface area contributed by atoms with Gasteiger partial charge in [-0.15, -0.1) is 0 Å². The van der Waals surface area contributed by atoms with E-state index in [4.69, 9.17) is 0 Å². The molecule has 0 spiro atoms. The highest BCUT2D eigenvalue weighted by Gasteiger charge is 2.35. The first kappa shape index (κ1) is 16.0. The van der Waals surface area contributed by atoms with E-state index in [1.54, 1.807) is 0 Å². The lowest BCUT2D eigenvalue weighted by molar-refractivity contribution is 0.205. The summed E-state index contributed by atoms with van der Waals surface area (Å²) in [4.78, 5) is 2.47. The number of nitrogens with zero attached hydrogens (tertiary/aromatic N) is 2. The van der Waals surface area contributed by atoms with Gasteiger partial charge in [0.2, 0.25) is 0 Å². The van der Waals surface area contributed by atoms with Crippen LogP contribution in [0.15, 0.2) is 30.3 Å². The maximum atomic E-state index is 9.89. The van der Waals surface area contributed by atoms with E-state index in [0.717, 1.165) is 44.1 Å². The van der Waals surface area contributed by atoms with Gasteiger partial charge in [-0.25, -0.2) is 0 Å². The van der Waals surface area contributed by atoms with Crippen molar-refractivity contribution in [2.45, 2.75) is 38.6 Å². The Morgan fingerprint density at radius 1 is 1.29 bits per heavy atom. The van der Waals surface area contributed by atoms with Gasteiger partial charge in [0.25, 0.3) is 0 Å². The van der Waals surface area contributed by atoms with E-state index in [9.17, 15) is 5.26 Å². The molecule has 0 saturated heterocycles. The van der Waals surface area contributed by atoms with Crippen molar-refractivity contribution < 1.29 is 0 Å². The predicted octanol–water partition coefficient (Wildman–Crippen LogP) is 3.14. The Labute approximate surface area is 129 Å². The van der Waals surface area contributed by atoms with Crippen LogP contribution in [0.5, 0.6) is 0 Å². The van der Waals surface area contributed by atoms with Gasteiger partial charge in [-0.1, -0.05) is 44.2 Å². The standard InChI is InChI=1S/C18H27N3/c1-3-12-21(13-16-10-11-16)15-18(14-19,20-4-2)17-8-6-5-7-9-17/h5-9,16,20H,3-4,10-13,15H2,1-2H3. The largest absolute Gasteiger partial charge is 0.300 e. The van der Waals surface area contributed by atoms with Crippen molar-refractivity contribution in [2.75, 3.05) is 26.2 Å². The quantitative estimate of drug-likeness (QED) is 0.757. The molecule has 0 radical (unpaired) electrons. The Kier molecular flexibility index (Phi) is 5.78. The third-order valence-corrected chi connectivity index (χ3v) is 4.15. The molecule has 0 bridgehead atoms. The zero-order valence-corrected chi connectivity index (χ0v) is 13.3. The number of hydrogen-bond donors (Lipinski definition) is 1. The van der Waals surface area contributed by atoms with Gasteiger partial charge in [0, 0.05) is 13.1 Å². The molecule has 0 heterocycles. The molecule has 1 saturated carbocycles. The highest BCUT2D eigenvalue weighted by Crippen LogP contribution is 2.31. The monoisotopic (exact) mass is 285 g/mol. The number of benzene rings is 1. The summed E-state index contributed by atoms with van der Waals surface area (Å²) in [6.07, 6.45) is 3.84. The topological polar surface area (TPSA) is 39.1 Å². The van der Waals surface area contributed by atoms with Crippen LogP contribution in [0.2, 0.25) is 0 Å². The molecule has 1 atom stereocenters. The van der Waals surface area contributed by atoms with E-state index < -0.39 is 5.54 Å². The molecule has 1 N–H and O–H groups in total. The third-order valence-electron chi connectivity index (χ3n) is 4.15. The Balaban J connectivity index is 2.19. The van der Waals surface area contributed by atoms with Gasteiger partial charge in [-0.3, -0.25) is 10.2 Å². The number of hydrogen-bond acceptors (Lipinski definition) is 3. The van der Waals surface area contributed by atoms with Crippen LogP contribution in [-0.2, 0) is 5.54 Å². The van der Waals surface area contributed by atoms with Crippen molar-refractivity contribution in [2.24, 2.45) is 5.92 Å². The molecule has 1 aromatic carbocycles. The summed E-state index contributed by atoms with van der Waals surface area (Å²) in [6, 6.07) is 12.7. The molecule has 0 amide bonds. The molecule has 0 aromatic heterocycles. The van der Waals surface area contributed by atoms with Crippen molar-refractivity contribution in [3.05, 3.63) is 35.9 Å². The Bertz CT molecular complexity index is 461. The zero-order valence-electron chi connectivity index (χ0n) is 13.3. The van der Waals surface area contributed by atoms with Crippen LogP contribution in [0.3, 0.4) is 0 Å². The van der Waals surface area contributed by atoms with Crippen LogP contribution in [0.25, 0.3) is 0 Å². The molecule has 3 heteroatoms. The van der Waals surface area contributed by atoms with E-state index in [2.05, 4.69) is 42.3 Å². The van der Waals surface area contributed by atoms with Crippen molar-refractivity contribution in [1.29, 1.82) is 5.26 Å². The van der Waals surface area contributed by atoms with Gasteiger partial charge in [0.05, 0.1) is 6.07 Å². The molecular formula is C18H27N3. The van der Waals surface area contributed by atoms with Crippen molar-refractivity contribution in [3.63, 3.8) is 0 Å². The highest BCUT2D eigenvalue weighted by atomic mass is 15.2. The minimum Gasteiger partial charge on any atom is -0.300 e. The van der Waals surface area contributed by atoms with Crippen LogP contribution >= 0.6 is 0 Å². The summed E-state index contributed by atoms with van der Waals surface area (Å²) < 4.78 is 0. The van der Waals surface area contributed by atoms with Gasteiger partial charge in [-0.05, 0) is 43.8 Å². The van der Waals surface area contributed by atoms with Crippen molar-refractivity contribution in [1.82, 2.24) is 10.2 Å². The Hall–Kier alpha value is -1.37. The van der Waals surface area contributed by atoms with E-state index >= 15 is 0 Å². The average Bonchev–Trinajstić information content (AvgIpc) is 3.32. The Morgan fingerprint density at radius 2 is 2.00 bits per heavy atom. The fraction of sp³-hybridized carbons (Fsp3) is 0.611. The lowest BCUT2D eigenvalue weighted by Crippen LogP contribution is -2.50. The first-order valence-electron chi connectivity index (χ1n) is 8.18. The highest BCUT2D eigenvalue weighted by molar-refractivity contribution is 5.32. The third kappa shape index (κ3) is 4.30. The van der Waals surface area contributed by atoms with Crippen LogP contribution in [-0.4, -0.2) is 31.1 Å². The van der Waals surface area contributed by atoms with Gasteiger partial charge >= 0.3 is 0 Å². The van der Waals surface area contributed by atoms with Crippen molar-refractivity contribution in [3.8, 4) is 6.07 Å². The minimum atomic E-state index is -0.597. The fourth-order valence-electron chi connectivity index (χ4n) is 2.97. The summed E-state index contributed by atoms with van der Waals surface area (Å²) in [5.41, 5.74) is 0.478. The summed E-state index contributed by atoms with van der Waals surface area (Å²) in [6.45, 7) is 8.05. The second kappa shape index (κ2) is 7.59. The molecule has 114 valence electrons. The Morgan fingerprint density at radius 3 is 2.52 bits per heavy atom. The summed E-state index contributed by atoms with van der Waals surface area (Å²) in [7, 11) is 0. The molecule has 2 rings (SSSR count). The second-order valence-corrected chi connectivity index (χ2v) is 6.09. The van der Waals surface area contributed by atoms with Crippen LogP contribution in [0.1, 0.15) is 38.7 Å². The van der Waals surface area contributed by atoms with Crippen molar-refractivity contribution >= 4 is 0 Å². The summed E-state index contributed by atoms with van der Waals surface area (Å²) in [5.74, 6) is 0.852. The molecule has 1 aliphatic carbocycles. The maximum Gasteiger partial charge on any atom is 0.145 e. The van der Waals surface area contributed by atoms with Gasteiger partial charge in [0.1, 0.15) is 5.54 Å². The zero-order chi connectivity index (χ0) is 15.1. The molecule has 1 aromatic rings. The maximum absolute atomic E-state index is 9.89. The number of rotatable bonds is 9. The molecule has 1 unspecified atom stereocenters. The smallest absolute Gasteiger partial charge is 0.145 e. The van der Waals surface area contributed by atoms with Crippen LogP contribution in [0, 0.1) is 17.2 Å². The van der Waals surface area contributed by atoms with Crippen LogP contribution < -0.4 is 5.32 Å². The fourth-order valence-corrected chi connectivity index (χ4v) is 2.97. The average molecular weight is 285 g/mol. The minimum absolute atomic E-state index is 0.597. The van der Waals surface area contributed by atoms with Crippen LogP contribution in [0.4, 0.5) is 0 Å². The molecule has 21 heavy (non-hydrogen) atoms. The molecule has 1 aliphatic rings. The first-order chi connectivity index (χ1) is 10.2. The summed E-state index contributed by atoms with van der Waals surface area (Å²) in [5, 5.41) is 13.3. The summed E-state index contributed by atoms with van der Waals surface area (Å²) >= 11 is 0. The van der Waals surface area contributed by atoms with Gasteiger partial charge in [0.15, 0.2) is 0 Å². The second-order valence-electron chi connectivity index (χ2n) is 6.09. The predicted molar refractivity (Wildman–Crippen MR) is 86.9 cm³/mol. The number of likely N-dealkylation sites (N-methyl/N-ethyl adjacent to an activating group) is 1. The SMILES string of the molecule is CCCN(CC1CC1)CC(C#N)(NCC)c1ccccc1. The molecule has 1 fully saturated rings. The first-order valence-corrected chi connectivity index (χ1v) is 8.18.